The molecule has 2 aliphatic rings. The molecule has 1 nitrogen and oxygen atoms in total. The van der Waals surface area contributed by atoms with Gasteiger partial charge in [0.15, 0.2) is 5.78 Å². The number of hydrogen-bond acceptors (Lipinski definition) is 1. The standard InChI is InChI=1S/C12H16O/c1-11(2)6-3-7-12(11)8-4-10(13)5-9-12/h3-4,6,8H,5,7,9H2,1-2H3. The van der Waals surface area contributed by atoms with Crippen molar-refractivity contribution in [2.75, 3.05) is 0 Å². The molecule has 0 radical (unpaired) electrons. The zero-order valence-corrected chi connectivity index (χ0v) is 8.34. The zero-order valence-electron chi connectivity index (χ0n) is 8.34. The van der Waals surface area contributed by atoms with Gasteiger partial charge in [-0.25, -0.2) is 0 Å². The molecule has 0 amide bonds. The molecule has 1 unspecified atom stereocenters. The highest BCUT2D eigenvalue weighted by molar-refractivity contribution is 5.90. The summed E-state index contributed by atoms with van der Waals surface area (Å²) in [7, 11) is 0. The highest BCUT2D eigenvalue weighted by atomic mass is 16.1. The molecule has 2 aliphatic carbocycles. The highest BCUT2D eigenvalue weighted by Gasteiger charge is 2.44. The Kier molecular flexibility index (Phi) is 1.73. The molecule has 1 heteroatoms. The normalized spacial score (nSPS) is 36.0. The molecule has 0 aromatic carbocycles. The van der Waals surface area contributed by atoms with Crippen molar-refractivity contribution < 1.29 is 4.79 Å². The first-order valence-electron chi connectivity index (χ1n) is 4.96. The number of rotatable bonds is 0. The van der Waals surface area contributed by atoms with Gasteiger partial charge in [-0.05, 0) is 24.3 Å². The topological polar surface area (TPSA) is 17.1 Å². The fourth-order valence-corrected chi connectivity index (χ4v) is 2.47. The second-order valence-electron chi connectivity index (χ2n) is 4.78. The van der Waals surface area contributed by atoms with Crippen molar-refractivity contribution >= 4 is 5.78 Å². The van der Waals surface area contributed by atoms with E-state index in [0.717, 1.165) is 19.3 Å². The van der Waals surface area contributed by atoms with Crippen molar-refractivity contribution in [1.82, 2.24) is 0 Å². The van der Waals surface area contributed by atoms with Gasteiger partial charge in [0, 0.05) is 11.8 Å². The van der Waals surface area contributed by atoms with Crippen LogP contribution in [0.5, 0.6) is 0 Å². The van der Waals surface area contributed by atoms with E-state index in [1.165, 1.54) is 0 Å². The van der Waals surface area contributed by atoms with E-state index in [1.54, 1.807) is 6.08 Å². The molecule has 2 rings (SSSR count). The summed E-state index contributed by atoms with van der Waals surface area (Å²) in [6, 6.07) is 0. The van der Waals surface area contributed by atoms with Crippen LogP contribution in [-0.2, 0) is 4.79 Å². The second-order valence-corrected chi connectivity index (χ2v) is 4.78. The van der Waals surface area contributed by atoms with Crippen LogP contribution >= 0.6 is 0 Å². The fraction of sp³-hybridized carbons (Fsp3) is 0.583. The van der Waals surface area contributed by atoms with Crippen LogP contribution in [0.25, 0.3) is 0 Å². The van der Waals surface area contributed by atoms with Crippen LogP contribution in [-0.4, -0.2) is 5.78 Å². The van der Waals surface area contributed by atoms with Gasteiger partial charge < -0.3 is 0 Å². The smallest absolute Gasteiger partial charge is 0.155 e. The molecule has 0 bridgehead atoms. The number of carbonyl (C=O) groups is 1. The molecule has 0 aromatic rings. The molecule has 1 atom stereocenters. The fourth-order valence-electron chi connectivity index (χ4n) is 2.47. The van der Waals surface area contributed by atoms with Gasteiger partial charge in [0.05, 0.1) is 0 Å². The number of ketones is 1. The summed E-state index contributed by atoms with van der Waals surface area (Å²) in [6.07, 6.45) is 11.3. The van der Waals surface area contributed by atoms with Gasteiger partial charge in [0.2, 0.25) is 0 Å². The quantitative estimate of drug-likeness (QED) is 0.519. The third-order valence-corrected chi connectivity index (χ3v) is 3.71. The van der Waals surface area contributed by atoms with E-state index in [2.05, 4.69) is 32.1 Å². The van der Waals surface area contributed by atoms with Crippen molar-refractivity contribution in [1.29, 1.82) is 0 Å². The minimum atomic E-state index is 0.226. The average Bonchev–Trinajstić information content (AvgIpc) is 2.34. The molecule has 0 N–H and O–H groups in total. The van der Waals surface area contributed by atoms with Crippen molar-refractivity contribution in [2.24, 2.45) is 10.8 Å². The van der Waals surface area contributed by atoms with Gasteiger partial charge in [-0.3, -0.25) is 4.79 Å². The van der Waals surface area contributed by atoms with Crippen LogP contribution in [0.3, 0.4) is 0 Å². The second kappa shape index (κ2) is 2.57. The first kappa shape index (κ1) is 8.74. The lowest BCUT2D eigenvalue weighted by atomic mass is 9.63. The van der Waals surface area contributed by atoms with Crippen molar-refractivity contribution in [3.63, 3.8) is 0 Å². The van der Waals surface area contributed by atoms with Gasteiger partial charge in [-0.2, -0.15) is 0 Å². The Labute approximate surface area is 79.5 Å². The number of carbonyl (C=O) groups excluding carboxylic acids is 1. The van der Waals surface area contributed by atoms with Gasteiger partial charge in [-0.15, -0.1) is 0 Å². The first-order chi connectivity index (χ1) is 6.06. The zero-order chi connectivity index (χ0) is 9.53. The molecule has 0 heterocycles. The van der Waals surface area contributed by atoms with E-state index in [0.29, 0.717) is 0 Å². The minimum Gasteiger partial charge on any atom is -0.295 e. The van der Waals surface area contributed by atoms with Gasteiger partial charge in [0.25, 0.3) is 0 Å². The number of allylic oxidation sites excluding steroid dienone is 4. The van der Waals surface area contributed by atoms with Crippen LogP contribution in [0.15, 0.2) is 24.3 Å². The lowest BCUT2D eigenvalue weighted by molar-refractivity contribution is -0.116. The lowest BCUT2D eigenvalue weighted by Gasteiger charge is -2.40. The summed E-state index contributed by atoms with van der Waals surface area (Å²) in [6.45, 7) is 4.52. The van der Waals surface area contributed by atoms with Gasteiger partial charge in [-0.1, -0.05) is 32.1 Å². The van der Waals surface area contributed by atoms with Crippen LogP contribution in [0, 0.1) is 10.8 Å². The Hall–Kier alpha value is -0.850. The molecular formula is C12H16O. The lowest BCUT2D eigenvalue weighted by Crippen LogP contribution is -2.33. The van der Waals surface area contributed by atoms with E-state index in [1.807, 2.05) is 0 Å². The van der Waals surface area contributed by atoms with Crippen LogP contribution < -0.4 is 0 Å². The summed E-state index contributed by atoms with van der Waals surface area (Å²) >= 11 is 0. The minimum absolute atomic E-state index is 0.226. The van der Waals surface area contributed by atoms with Crippen LogP contribution in [0.2, 0.25) is 0 Å². The third-order valence-electron chi connectivity index (χ3n) is 3.71. The molecule has 0 aliphatic heterocycles. The highest BCUT2D eigenvalue weighted by Crippen LogP contribution is 2.53. The Morgan fingerprint density at radius 3 is 2.54 bits per heavy atom. The summed E-state index contributed by atoms with van der Waals surface area (Å²) < 4.78 is 0. The summed E-state index contributed by atoms with van der Waals surface area (Å²) in [5, 5.41) is 0. The Morgan fingerprint density at radius 1 is 1.31 bits per heavy atom. The van der Waals surface area contributed by atoms with E-state index in [9.17, 15) is 4.79 Å². The van der Waals surface area contributed by atoms with Crippen molar-refractivity contribution in [3.05, 3.63) is 24.3 Å². The molecule has 0 saturated heterocycles. The predicted octanol–water partition coefficient (Wildman–Crippen LogP) is 2.88. The van der Waals surface area contributed by atoms with E-state index in [-0.39, 0.29) is 16.6 Å². The Bertz CT molecular complexity index is 296. The molecule has 0 aromatic heterocycles. The monoisotopic (exact) mass is 176 g/mol. The molecule has 70 valence electrons. The van der Waals surface area contributed by atoms with Crippen LogP contribution in [0.1, 0.15) is 33.1 Å². The van der Waals surface area contributed by atoms with Crippen molar-refractivity contribution in [3.8, 4) is 0 Å². The average molecular weight is 176 g/mol. The molecular weight excluding hydrogens is 160 g/mol. The largest absolute Gasteiger partial charge is 0.295 e. The summed E-state index contributed by atoms with van der Waals surface area (Å²) in [5.74, 6) is 0.285. The maximum atomic E-state index is 11.1. The molecule has 13 heavy (non-hydrogen) atoms. The number of hydrogen-bond donors (Lipinski definition) is 0. The maximum Gasteiger partial charge on any atom is 0.155 e. The SMILES string of the molecule is CC1(C)C=CCC12C=CC(=O)CC2. The van der Waals surface area contributed by atoms with Crippen molar-refractivity contribution in [2.45, 2.75) is 33.1 Å². The van der Waals surface area contributed by atoms with E-state index >= 15 is 0 Å². The molecule has 1 spiro atoms. The molecule has 0 saturated carbocycles. The predicted molar refractivity (Wildman–Crippen MR) is 53.4 cm³/mol. The summed E-state index contributed by atoms with van der Waals surface area (Å²) in [4.78, 5) is 11.1. The third kappa shape index (κ3) is 1.18. The Balaban J connectivity index is 2.33. The maximum absolute atomic E-state index is 11.1. The van der Waals surface area contributed by atoms with Crippen LogP contribution in [0.4, 0.5) is 0 Å². The van der Waals surface area contributed by atoms with E-state index in [4.69, 9.17) is 0 Å². The first-order valence-corrected chi connectivity index (χ1v) is 4.96. The van der Waals surface area contributed by atoms with Gasteiger partial charge in [0.1, 0.15) is 0 Å². The van der Waals surface area contributed by atoms with Gasteiger partial charge >= 0.3 is 0 Å². The molecule has 0 fully saturated rings. The van der Waals surface area contributed by atoms with E-state index < -0.39 is 0 Å². The summed E-state index contributed by atoms with van der Waals surface area (Å²) in [5.41, 5.74) is 0.463. The Morgan fingerprint density at radius 2 is 2.08 bits per heavy atom.